The molecule has 1 saturated carbocycles. The van der Waals surface area contributed by atoms with Crippen molar-refractivity contribution in [2.24, 2.45) is 5.92 Å². The average molecular weight is 244 g/mol. The van der Waals surface area contributed by atoms with E-state index in [0.717, 1.165) is 18.0 Å². The highest BCUT2D eigenvalue weighted by Gasteiger charge is 2.29. The predicted molar refractivity (Wildman–Crippen MR) is 66.9 cm³/mol. The topological polar surface area (TPSA) is 12.0 Å². The smallest absolute Gasteiger partial charge is 0.0441 e. The first-order valence-corrected chi connectivity index (χ1v) is 6.17. The lowest BCUT2D eigenvalue weighted by Gasteiger charge is -2.17. The van der Waals surface area contributed by atoms with E-state index in [1.54, 1.807) is 6.07 Å². The Morgan fingerprint density at radius 1 is 1.27 bits per heavy atom. The van der Waals surface area contributed by atoms with Crippen LogP contribution in [-0.2, 0) is 0 Å². The summed E-state index contributed by atoms with van der Waals surface area (Å²) >= 11 is 11.9. The lowest BCUT2D eigenvalue weighted by Crippen LogP contribution is -2.20. The molecular weight excluding hydrogens is 229 g/mol. The summed E-state index contributed by atoms with van der Waals surface area (Å²) in [7, 11) is 0. The first-order chi connectivity index (χ1) is 7.19. The molecule has 1 fully saturated rings. The molecule has 0 heterocycles. The molecule has 1 aromatic carbocycles. The molecule has 1 aliphatic carbocycles. The first kappa shape index (κ1) is 11.1. The van der Waals surface area contributed by atoms with Gasteiger partial charge in [-0.15, -0.1) is 0 Å². The Morgan fingerprint density at radius 2 is 1.87 bits per heavy atom. The SMILES string of the molecule is CCC(Nc1cc(Cl)cc(Cl)c1)C1CC1. The summed E-state index contributed by atoms with van der Waals surface area (Å²) in [6.45, 7) is 2.21. The summed E-state index contributed by atoms with van der Waals surface area (Å²) in [5.41, 5.74) is 1.03. The number of hydrogen-bond donors (Lipinski definition) is 1. The number of halogens is 2. The second-order valence-corrected chi connectivity index (χ2v) is 5.03. The van der Waals surface area contributed by atoms with Gasteiger partial charge in [0.2, 0.25) is 0 Å². The molecule has 0 saturated heterocycles. The van der Waals surface area contributed by atoms with Crippen LogP contribution in [0.1, 0.15) is 26.2 Å². The Bertz CT molecular complexity index is 327. The van der Waals surface area contributed by atoms with Crippen LogP contribution >= 0.6 is 23.2 Å². The Hall–Kier alpha value is -0.400. The zero-order valence-electron chi connectivity index (χ0n) is 8.76. The number of benzene rings is 1. The van der Waals surface area contributed by atoms with Crippen molar-refractivity contribution in [3.05, 3.63) is 28.2 Å². The molecule has 0 bridgehead atoms. The first-order valence-electron chi connectivity index (χ1n) is 5.41. The maximum absolute atomic E-state index is 5.95. The lowest BCUT2D eigenvalue weighted by atomic mass is 10.1. The Balaban J connectivity index is 2.08. The summed E-state index contributed by atoms with van der Waals surface area (Å²) in [5.74, 6) is 0.841. The van der Waals surface area contributed by atoms with Crippen LogP contribution < -0.4 is 5.32 Å². The van der Waals surface area contributed by atoms with Crippen LogP contribution in [0.15, 0.2) is 18.2 Å². The molecular formula is C12H15Cl2N. The van der Waals surface area contributed by atoms with Gasteiger partial charge in [0.25, 0.3) is 0 Å². The van der Waals surface area contributed by atoms with Gasteiger partial charge in [-0.1, -0.05) is 30.1 Å². The van der Waals surface area contributed by atoms with E-state index in [1.165, 1.54) is 12.8 Å². The third-order valence-electron chi connectivity index (χ3n) is 2.85. The van der Waals surface area contributed by atoms with Crippen LogP contribution in [0.3, 0.4) is 0 Å². The minimum Gasteiger partial charge on any atom is -0.382 e. The van der Waals surface area contributed by atoms with E-state index in [-0.39, 0.29) is 0 Å². The van der Waals surface area contributed by atoms with Crippen LogP contribution in [0.4, 0.5) is 5.69 Å². The van der Waals surface area contributed by atoms with Crippen molar-refractivity contribution in [2.45, 2.75) is 32.2 Å². The van der Waals surface area contributed by atoms with Crippen LogP contribution in [0.25, 0.3) is 0 Å². The summed E-state index contributed by atoms with van der Waals surface area (Å²) < 4.78 is 0. The van der Waals surface area contributed by atoms with Gasteiger partial charge in [-0.05, 0) is 43.4 Å². The molecule has 82 valence electrons. The molecule has 0 spiro atoms. The Kier molecular flexibility index (Phi) is 3.42. The monoisotopic (exact) mass is 243 g/mol. The highest BCUT2D eigenvalue weighted by atomic mass is 35.5. The summed E-state index contributed by atoms with van der Waals surface area (Å²) in [4.78, 5) is 0. The quantitative estimate of drug-likeness (QED) is 0.816. The molecule has 0 amide bonds. The fourth-order valence-electron chi connectivity index (χ4n) is 1.90. The van der Waals surface area contributed by atoms with Gasteiger partial charge in [0, 0.05) is 21.8 Å². The highest BCUT2D eigenvalue weighted by molar-refractivity contribution is 6.35. The van der Waals surface area contributed by atoms with Crippen molar-refractivity contribution in [2.75, 3.05) is 5.32 Å². The molecule has 1 unspecified atom stereocenters. The van der Waals surface area contributed by atoms with E-state index in [1.807, 2.05) is 12.1 Å². The third kappa shape index (κ3) is 3.02. The van der Waals surface area contributed by atoms with Gasteiger partial charge >= 0.3 is 0 Å². The second-order valence-electron chi connectivity index (χ2n) is 4.15. The fourth-order valence-corrected chi connectivity index (χ4v) is 2.43. The lowest BCUT2D eigenvalue weighted by molar-refractivity contribution is 0.616. The molecule has 2 rings (SSSR count). The molecule has 0 aliphatic heterocycles. The molecule has 1 aromatic rings. The minimum atomic E-state index is 0.569. The van der Waals surface area contributed by atoms with Gasteiger partial charge in [0.05, 0.1) is 0 Å². The van der Waals surface area contributed by atoms with Crippen LogP contribution in [0, 0.1) is 5.92 Å². The second kappa shape index (κ2) is 4.63. The highest BCUT2D eigenvalue weighted by Crippen LogP contribution is 2.36. The fraction of sp³-hybridized carbons (Fsp3) is 0.500. The van der Waals surface area contributed by atoms with Crippen molar-refractivity contribution in [1.82, 2.24) is 0 Å². The predicted octanol–water partition coefficient (Wildman–Crippen LogP) is 4.59. The summed E-state index contributed by atoms with van der Waals surface area (Å²) in [5, 5.41) is 4.88. The van der Waals surface area contributed by atoms with Crippen LogP contribution in [-0.4, -0.2) is 6.04 Å². The molecule has 15 heavy (non-hydrogen) atoms. The molecule has 0 radical (unpaired) electrons. The third-order valence-corrected chi connectivity index (χ3v) is 3.28. The van der Waals surface area contributed by atoms with E-state index in [9.17, 15) is 0 Å². The van der Waals surface area contributed by atoms with E-state index < -0.39 is 0 Å². The normalized spacial score (nSPS) is 17.5. The number of rotatable bonds is 4. The molecule has 0 aromatic heterocycles. The Morgan fingerprint density at radius 3 is 2.33 bits per heavy atom. The van der Waals surface area contributed by atoms with Gasteiger partial charge in [0.1, 0.15) is 0 Å². The standard InChI is InChI=1S/C12H15Cl2N/c1-2-12(8-3-4-8)15-11-6-9(13)5-10(14)7-11/h5-8,12,15H,2-4H2,1H3. The van der Waals surface area contributed by atoms with Crippen LogP contribution in [0.2, 0.25) is 10.0 Å². The maximum atomic E-state index is 5.95. The summed E-state index contributed by atoms with van der Waals surface area (Å²) in [6, 6.07) is 6.18. The van der Waals surface area contributed by atoms with Crippen molar-refractivity contribution < 1.29 is 0 Å². The van der Waals surface area contributed by atoms with E-state index in [0.29, 0.717) is 16.1 Å². The van der Waals surface area contributed by atoms with Crippen molar-refractivity contribution in [1.29, 1.82) is 0 Å². The molecule has 1 N–H and O–H groups in total. The van der Waals surface area contributed by atoms with E-state index in [4.69, 9.17) is 23.2 Å². The minimum absolute atomic E-state index is 0.569. The largest absolute Gasteiger partial charge is 0.382 e. The number of nitrogens with one attached hydrogen (secondary N) is 1. The zero-order chi connectivity index (χ0) is 10.8. The van der Waals surface area contributed by atoms with Crippen molar-refractivity contribution in [3.63, 3.8) is 0 Å². The van der Waals surface area contributed by atoms with Gasteiger partial charge in [0.15, 0.2) is 0 Å². The molecule has 3 heteroatoms. The van der Waals surface area contributed by atoms with Crippen LogP contribution in [0.5, 0.6) is 0 Å². The zero-order valence-corrected chi connectivity index (χ0v) is 10.3. The maximum Gasteiger partial charge on any atom is 0.0441 e. The molecule has 1 aliphatic rings. The Labute approximate surface area is 101 Å². The average Bonchev–Trinajstić information content (AvgIpc) is 2.95. The van der Waals surface area contributed by atoms with E-state index in [2.05, 4.69) is 12.2 Å². The number of hydrogen-bond acceptors (Lipinski definition) is 1. The van der Waals surface area contributed by atoms with Gasteiger partial charge in [-0.25, -0.2) is 0 Å². The summed E-state index contributed by atoms with van der Waals surface area (Å²) in [6.07, 6.45) is 3.84. The van der Waals surface area contributed by atoms with Gasteiger partial charge in [-0.3, -0.25) is 0 Å². The molecule has 1 nitrogen and oxygen atoms in total. The van der Waals surface area contributed by atoms with E-state index >= 15 is 0 Å². The van der Waals surface area contributed by atoms with Gasteiger partial charge in [-0.2, -0.15) is 0 Å². The number of anilines is 1. The van der Waals surface area contributed by atoms with Crippen molar-refractivity contribution >= 4 is 28.9 Å². The van der Waals surface area contributed by atoms with Gasteiger partial charge < -0.3 is 5.32 Å². The van der Waals surface area contributed by atoms with Crippen molar-refractivity contribution in [3.8, 4) is 0 Å². The molecule has 1 atom stereocenters.